The number of rotatable bonds is 3. The Morgan fingerprint density at radius 3 is 2.38 bits per heavy atom. The first-order chi connectivity index (χ1) is 12.8. The lowest BCUT2D eigenvalue weighted by atomic mass is 9.88. The predicted octanol–water partition coefficient (Wildman–Crippen LogP) is 3.10. The highest BCUT2D eigenvalue weighted by Crippen LogP contribution is 2.29. The first kappa shape index (κ1) is 17.0. The molecule has 2 saturated heterocycles. The molecule has 5 nitrogen and oxygen atoms in total. The molecule has 1 aromatic heterocycles. The minimum absolute atomic E-state index is 0.0702. The van der Waals surface area contributed by atoms with Crippen molar-refractivity contribution in [1.82, 2.24) is 14.9 Å². The molecule has 0 saturated carbocycles. The van der Waals surface area contributed by atoms with Crippen LogP contribution in [0.3, 0.4) is 0 Å². The van der Waals surface area contributed by atoms with Gasteiger partial charge in [0.15, 0.2) is 0 Å². The highest BCUT2D eigenvalue weighted by Gasteiger charge is 2.32. The van der Waals surface area contributed by atoms with Gasteiger partial charge in [0.25, 0.3) is 0 Å². The number of aromatic nitrogens is 2. The van der Waals surface area contributed by atoms with Crippen molar-refractivity contribution in [3.63, 3.8) is 0 Å². The molecule has 4 rings (SSSR count). The molecule has 1 aromatic carbocycles. The zero-order chi connectivity index (χ0) is 17.8. The predicted molar refractivity (Wildman–Crippen MR) is 102 cm³/mol. The maximum absolute atomic E-state index is 13.0. The van der Waals surface area contributed by atoms with Crippen molar-refractivity contribution in [2.24, 2.45) is 5.92 Å². The Bertz CT molecular complexity index is 713. The van der Waals surface area contributed by atoms with E-state index in [0.717, 1.165) is 57.8 Å². The van der Waals surface area contributed by atoms with E-state index >= 15 is 0 Å². The van der Waals surface area contributed by atoms with Crippen LogP contribution in [0, 0.1) is 5.92 Å². The molecule has 1 unspecified atom stereocenters. The molecule has 0 N–H and O–H groups in total. The summed E-state index contributed by atoms with van der Waals surface area (Å²) in [5, 5.41) is 0. The molecule has 0 aliphatic carbocycles. The third-order valence-electron chi connectivity index (χ3n) is 5.68. The minimum Gasteiger partial charge on any atom is -0.342 e. The molecule has 1 amide bonds. The lowest BCUT2D eigenvalue weighted by molar-refractivity contribution is -0.136. The van der Waals surface area contributed by atoms with Crippen molar-refractivity contribution in [1.29, 1.82) is 0 Å². The minimum atomic E-state index is 0.0702. The molecule has 2 aliphatic heterocycles. The van der Waals surface area contributed by atoms with E-state index in [2.05, 4.69) is 50.1 Å². The van der Waals surface area contributed by atoms with Crippen LogP contribution in [0.25, 0.3) is 0 Å². The van der Waals surface area contributed by atoms with Crippen LogP contribution in [0.15, 0.2) is 48.8 Å². The van der Waals surface area contributed by atoms with E-state index in [-0.39, 0.29) is 5.92 Å². The number of carbonyl (C=O) groups excluding carboxylic acids is 1. The average molecular weight is 350 g/mol. The number of hydrogen-bond acceptors (Lipinski definition) is 4. The molecule has 26 heavy (non-hydrogen) atoms. The van der Waals surface area contributed by atoms with Gasteiger partial charge in [-0.2, -0.15) is 0 Å². The van der Waals surface area contributed by atoms with Crippen molar-refractivity contribution in [2.75, 3.05) is 31.1 Å². The maximum atomic E-state index is 13.0. The highest BCUT2D eigenvalue weighted by molar-refractivity contribution is 5.79. The van der Waals surface area contributed by atoms with E-state index in [0.29, 0.717) is 11.8 Å². The van der Waals surface area contributed by atoms with Crippen molar-refractivity contribution in [3.05, 3.63) is 54.4 Å². The van der Waals surface area contributed by atoms with E-state index in [1.807, 2.05) is 6.07 Å². The molecule has 5 heteroatoms. The summed E-state index contributed by atoms with van der Waals surface area (Å²) in [7, 11) is 0. The Balaban J connectivity index is 1.35. The van der Waals surface area contributed by atoms with Gasteiger partial charge in [0.2, 0.25) is 11.9 Å². The van der Waals surface area contributed by atoms with Crippen molar-refractivity contribution in [2.45, 2.75) is 31.6 Å². The molecular formula is C21H26N4O. The van der Waals surface area contributed by atoms with Gasteiger partial charge in [-0.05, 0) is 43.2 Å². The number of piperidine rings is 2. The molecule has 0 spiro atoms. The Hall–Kier alpha value is -2.43. The van der Waals surface area contributed by atoms with E-state index in [1.54, 1.807) is 12.4 Å². The van der Waals surface area contributed by atoms with Crippen LogP contribution >= 0.6 is 0 Å². The van der Waals surface area contributed by atoms with E-state index in [9.17, 15) is 4.79 Å². The largest absolute Gasteiger partial charge is 0.342 e. The lowest BCUT2D eigenvalue weighted by Gasteiger charge is -2.38. The Morgan fingerprint density at radius 1 is 0.923 bits per heavy atom. The Morgan fingerprint density at radius 2 is 1.65 bits per heavy atom. The number of nitrogens with zero attached hydrogens (tertiary/aromatic N) is 4. The third kappa shape index (κ3) is 3.71. The highest BCUT2D eigenvalue weighted by atomic mass is 16.2. The van der Waals surface area contributed by atoms with Crippen LogP contribution in [-0.4, -0.2) is 47.0 Å². The molecule has 0 radical (unpaired) electrons. The van der Waals surface area contributed by atoms with Crippen LogP contribution in [0.1, 0.15) is 37.2 Å². The van der Waals surface area contributed by atoms with Gasteiger partial charge in [-0.15, -0.1) is 0 Å². The monoisotopic (exact) mass is 350 g/mol. The number of benzene rings is 1. The zero-order valence-corrected chi connectivity index (χ0v) is 15.1. The smallest absolute Gasteiger partial charge is 0.227 e. The molecule has 3 heterocycles. The molecule has 1 atom stereocenters. The summed E-state index contributed by atoms with van der Waals surface area (Å²) in [5.74, 6) is 1.71. The summed E-state index contributed by atoms with van der Waals surface area (Å²) >= 11 is 0. The van der Waals surface area contributed by atoms with Crippen LogP contribution < -0.4 is 4.90 Å². The maximum Gasteiger partial charge on any atom is 0.227 e. The first-order valence-electron chi connectivity index (χ1n) is 9.67. The number of likely N-dealkylation sites (tertiary alicyclic amines) is 1. The summed E-state index contributed by atoms with van der Waals surface area (Å²) in [5.41, 5.74) is 1.41. The number of carbonyl (C=O) groups is 1. The summed E-state index contributed by atoms with van der Waals surface area (Å²) in [4.78, 5) is 26.0. The number of amides is 1. The van der Waals surface area contributed by atoms with Gasteiger partial charge in [0.05, 0.1) is 5.92 Å². The van der Waals surface area contributed by atoms with Gasteiger partial charge < -0.3 is 9.80 Å². The fourth-order valence-corrected chi connectivity index (χ4v) is 4.23. The fraction of sp³-hybridized carbons (Fsp3) is 0.476. The number of anilines is 1. The molecule has 2 aliphatic rings. The van der Waals surface area contributed by atoms with Crippen LogP contribution in [0.5, 0.6) is 0 Å². The molecule has 136 valence electrons. The molecule has 0 bridgehead atoms. The van der Waals surface area contributed by atoms with E-state index in [4.69, 9.17) is 0 Å². The van der Waals surface area contributed by atoms with E-state index in [1.165, 1.54) is 5.56 Å². The van der Waals surface area contributed by atoms with Gasteiger partial charge in [0.1, 0.15) is 0 Å². The quantitative estimate of drug-likeness (QED) is 0.853. The van der Waals surface area contributed by atoms with E-state index < -0.39 is 0 Å². The van der Waals surface area contributed by atoms with Crippen LogP contribution in [0.2, 0.25) is 0 Å². The summed E-state index contributed by atoms with van der Waals surface area (Å²) in [6.45, 7) is 3.42. The molecular weight excluding hydrogens is 324 g/mol. The van der Waals surface area contributed by atoms with Crippen molar-refractivity contribution in [3.8, 4) is 0 Å². The van der Waals surface area contributed by atoms with Crippen LogP contribution in [0.4, 0.5) is 5.95 Å². The van der Waals surface area contributed by atoms with Gasteiger partial charge in [-0.25, -0.2) is 9.97 Å². The first-order valence-corrected chi connectivity index (χ1v) is 9.67. The second-order valence-corrected chi connectivity index (χ2v) is 7.34. The topological polar surface area (TPSA) is 49.3 Å². The number of hydrogen-bond donors (Lipinski definition) is 0. The second-order valence-electron chi connectivity index (χ2n) is 7.34. The summed E-state index contributed by atoms with van der Waals surface area (Å²) in [6.07, 6.45) is 7.65. The summed E-state index contributed by atoms with van der Waals surface area (Å²) < 4.78 is 0. The third-order valence-corrected chi connectivity index (χ3v) is 5.68. The zero-order valence-electron chi connectivity index (χ0n) is 15.1. The fourth-order valence-electron chi connectivity index (χ4n) is 4.23. The Labute approximate surface area is 155 Å². The second kappa shape index (κ2) is 7.85. The Kier molecular flexibility index (Phi) is 5.14. The van der Waals surface area contributed by atoms with Crippen LogP contribution in [-0.2, 0) is 4.79 Å². The molecule has 2 aromatic rings. The summed E-state index contributed by atoms with van der Waals surface area (Å²) in [6, 6.07) is 12.5. The van der Waals surface area contributed by atoms with Gasteiger partial charge in [-0.1, -0.05) is 30.3 Å². The van der Waals surface area contributed by atoms with Crippen molar-refractivity contribution < 1.29 is 4.79 Å². The molecule has 2 fully saturated rings. The van der Waals surface area contributed by atoms with Gasteiger partial charge in [0, 0.05) is 38.6 Å². The lowest BCUT2D eigenvalue weighted by Crippen LogP contribution is -2.47. The van der Waals surface area contributed by atoms with Gasteiger partial charge in [-0.3, -0.25) is 4.79 Å². The standard InChI is InChI=1S/C21H26N4O/c26-20(19-8-4-13-25(16-19)21-22-11-5-12-23-21)24-14-9-18(10-15-24)17-6-2-1-3-7-17/h1-3,5-7,11-12,18-19H,4,8-10,13-16H2. The normalized spacial score (nSPS) is 21.6. The van der Waals surface area contributed by atoms with Gasteiger partial charge >= 0.3 is 0 Å². The SMILES string of the molecule is O=C(C1CCCN(c2ncccn2)C1)N1CCC(c2ccccc2)CC1. The average Bonchev–Trinajstić information content (AvgIpc) is 2.75. The van der Waals surface area contributed by atoms with Crippen molar-refractivity contribution >= 4 is 11.9 Å².